The molecule has 0 unspecified atom stereocenters. The minimum atomic E-state index is -0.574. The van der Waals surface area contributed by atoms with E-state index in [0.29, 0.717) is 35.3 Å². The normalized spacial score (nSPS) is 11.8. The van der Waals surface area contributed by atoms with Gasteiger partial charge in [-0.3, -0.25) is 15.2 Å². The third kappa shape index (κ3) is 3.87. The average Bonchev–Trinajstić information content (AvgIpc) is 3.18. The molecule has 0 aliphatic carbocycles. The highest BCUT2D eigenvalue weighted by atomic mass is 16.6. The Balaban J connectivity index is 1.89. The van der Waals surface area contributed by atoms with Crippen molar-refractivity contribution in [2.45, 2.75) is 13.0 Å². The SMILES string of the molecule is CCOc1cc([C@@H](N)c2nc(-c3cccc([N+](=O)[O-])c3)n[nH]2)ccc1OC. The van der Waals surface area contributed by atoms with Gasteiger partial charge in [0.25, 0.3) is 5.69 Å². The van der Waals surface area contributed by atoms with Crippen molar-refractivity contribution in [3.63, 3.8) is 0 Å². The molecule has 0 aliphatic rings. The lowest BCUT2D eigenvalue weighted by atomic mass is 10.1. The van der Waals surface area contributed by atoms with E-state index in [9.17, 15) is 10.1 Å². The summed E-state index contributed by atoms with van der Waals surface area (Å²) in [5.74, 6) is 1.97. The van der Waals surface area contributed by atoms with Crippen LogP contribution in [0.15, 0.2) is 42.5 Å². The van der Waals surface area contributed by atoms with Gasteiger partial charge in [0.2, 0.25) is 0 Å². The van der Waals surface area contributed by atoms with Crippen LogP contribution in [0, 0.1) is 10.1 Å². The van der Waals surface area contributed by atoms with Crippen molar-refractivity contribution in [3.05, 3.63) is 64.0 Å². The van der Waals surface area contributed by atoms with E-state index in [1.807, 2.05) is 13.0 Å². The van der Waals surface area contributed by atoms with E-state index >= 15 is 0 Å². The maximum atomic E-state index is 10.9. The number of hydrogen-bond acceptors (Lipinski definition) is 7. The van der Waals surface area contributed by atoms with Gasteiger partial charge in [-0.05, 0) is 24.6 Å². The lowest BCUT2D eigenvalue weighted by Gasteiger charge is -2.14. The molecule has 2 aromatic carbocycles. The third-order valence-corrected chi connectivity index (χ3v) is 3.96. The molecule has 0 spiro atoms. The average molecular weight is 369 g/mol. The van der Waals surface area contributed by atoms with Gasteiger partial charge >= 0.3 is 0 Å². The van der Waals surface area contributed by atoms with Crippen LogP contribution >= 0.6 is 0 Å². The van der Waals surface area contributed by atoms with Gasteiger partial charge in [0.1, 0.15) is 5.82 Å². The molecule has 3 N–H and O–H groups in total. The Morgan fingerprint density at radius 1 is 1.26 bits per heavy atom. The molecule has 0 fully saturated rings. The van der Waals surface area contributed by atoms with Gasteiger partial charge in [-0.1, -0.05) is 18.2 Å². The molecule has 1 heterocycles. The number of hydrogen-bond donors (Lipinski definition) is 2. The predicted octanol–water partition coefficient (Wildman–Crippen LogP) is 2.84. The third-order valence-electron chi connectivity index (χ3n) is 3.96. The lowest BCUT2D eigenvalue weighted by molar-refractivity contribution is -0.384. The Labute approximate surface area is 155 Å². The molecule has 3 aromatic rings. The van der Waals surface area contributed by atoms with Gasteiger partial charge in [0.15, 0.2) is 17.3 Å². The van der Waals surface area contributed by atoms with Crippen LogP contribution in [-0.2, 0) is 0 Å². The van der Waals surface area contributed by atoms with E-state index < -0.39 is 11.0 Å². The number of methoxy groups -OCH3 is 1. The molecule has 27 heavy (non-hydrogen) atoms. The first kappa shape index (κ1) is 18.3. The zero-order valence-corrected chi connectivity index (χ0v) is 14.9. The first-order chi connectivity index (χ1) is 13.0. The van der Waals surface area contributed by atoms with Gasteiger partial charge in [-0.25, -0.2) is 4.98 Å². The molecule has 0 saturated heterocycles. The minimum absolute atomic E-state index is 0.0281. The molecule has 0 amide bonds. The maximum absolute atomic E-state index is 10.9. The molecule has 9 nitrogen and oxygen atoms in total. The maximum Gasteiger partial charge on any atom is 0.270 e. The summed E-state index contributed by atoms with van der Waals surface area (Å²) < 4.78 is 10.8. The van der Waals surface area contributed by atoms with E-state index in [2.05, 4.69) is 15.2 Å². The van der Waals surface area contributed by atoms with E-state index in [1.165, 1.54) is 12.1 Å². The van der Waals surface area contributed by atoms with Crippen LogP contribution in [0.5, 0.6) is 11.5 Å². The summed E-state index contributed by atoms with van der Waals surface area (Å²) in [4.78, 5) is 14.9. The van der Waals surface area contributed by atoms with Gasteiger partial charge in [-0.2, -0.15) is 5.10 Å². The van der Waals surface area contributed by atoms with Crippen molar-refractivity contribution < 1.29 is 14.4 Å². The summed E-state index contributed by atoms with van der Waals surface area (Å²) in [7, 11) is 1.57. The van der Waals surface area contributed by atoms with Crippen LogP contribution in [0.25, 0.3) is 11.4 Å². The predicted molar refractivity (Wildman–Crippen MR) is 98.7 cm³/mol. The molecule has 0 aliphatic heterocycles. The Morgan fingerprint density at radius 2 is 2.07 bits per heavy atom. The number of non-ortho nitro benzene ring substituents is 1. The number of ether oxygens (including phenoxy) is 2. The van der Waals surface area contributed by atoms with Crippen molar-refractivity contribution >= 4 is 5.69 Å². The zero-order chi connectivity index (χ0) is 19.4. The number of benzene rings is 2. The number of rotatable bonds is 7. The summed E-state index contributed by atoms with van der Waals surface area (Å²) in [6.45, 7) is 2.38. The van der Waals surface area contributed by atoms with Crippen molar-refractivity contribution in [2.75, 3.05) is 13.7 Å². The molecule has 1 aromatic heterocycles. The molecule has 9 heteroatoms. The summed E-state index contributed by atoms with van der Waals surface area (Å²) >= 11 is 0. The van der Waals surface area contributed by atoms with Crippen LogP contribution in [0.1, 0.15) is 24.4 Å². The second kappa shape index (κ2) is 7.83. The topological polar surface area (TPSA) is 129 Å². The molecular weight excluding hydrogens is 350 g/mol. The van der Waals surface area contributed by atoms with Crippen LogP contribution in [-0.4, -0.2) is 33.8 Å². The first-order valence-corrected chi connectivity index (χ1v) is 8.27. The van der Waals surface area contributed by atoms with Crippen LogP contribution in [0.3, 0.4) is 0 Å². The van der Waals surface area contributed by atoms with Crippen molar-refractivity contribution in [3.8, 4) is 22.9 Å². The summed E-state index contributed by atoms with van der Waals surface area (Å²) in [6.07, 6.45) is 0. The van der Waals surface area contributed by atoms with E-state index in [4.69, 9.17) is 15.2 Å². The molecule has 3 rings (SSSR count). The van der Waals surface area contributed by atoms with E-state index in [-0.39, 0.29) is 5.69 Å². The highest BCUT2D eigenvalue weighted by molar-refractivity contribution is 5.59. The fraction of sp³-hybridized carbons (Fsp3) is 0.222. The van der Waals surface area contributed by atoms with Gasteiger partial charge in [0.05, 0.1) is 24.7 Å². The number of nitro groups is 1. The Kier molecular flexibility index (Phi) is 5.32. The summed E-state index contributed by atoms with van der Waals surface area (Å²) in [6, 6.07) is 10.9. The molecule has 0 bridgehead atoms. The van der Waals surface area contributed by atoms with Gasteiger partial charge < -0.3 is 15.2 Å². The largest absolute Gasteiger partial charge is 0.493 e. The molecule has 0 radical (unpaired) electrons. The minimum Gasteiger partial charge on any atom is -0.493 e. The second-order valence-electron chi connectivity index (χ2n) is 5.67. The molecular formula is C18H19N5O4. The van der Waals surface area contributed by atoms with Crippen LogP contribution in [0.2, 0.25) is 0 Å². The zero-order valence-electron chi connectivity index (χ0n) is 14.9. The fourth-order valence-electron chi connectivity index (χ4n) is 2.61. The van der Waals surface area contributed by atoms with E-state index in [0.717, 1.165) is 5.56 Å². The highest BCUT2D eigenvalue weighted by Gasteiger charge is 2.18. The van der Waals surface area contributed by atoms with Crippen molar-refractivity contribution in [1.82, 2.24) is 15.2 Å². The summed E-state index contributed by atoms with van der Waals surface area (Å²) in [5.41, 5.74) is 7.57. The number of nitrogens with zero attached hydrogens (tertiary/aromatic N) is 3. The van der Waals surface area contributed by atoms with Crippen molar-refractivity contribution in [2.24, 2.45) is 5.73 Å². The number of H-pyrrole nitrogens is 1. The monoisotopic (exact) mass is 369 g/mol. The molecule has 1 atom stereocenters. The quantitative estimate of drug-likeness (QED) is 0.484. The summed E-state index contributed by atoms with van der Waals surface area (Å²) in [5, 5.41) is 17.9. The van der Waals surface area contributed by atoms with Crippen molar-refractivity contribution in [1.29, 1.82) is 0 Å². The fourth-order valence-corrected chi connectivity index (χ4v) is 2.61. The number of nitrogens with one attached hydrogen (secondary N) is 1. The van der Waals surface area contributed by atoms with Crippen LogP contribution < -0.4 is 15.2 Å². The van der Waals surface area contributed by atoms with E-state index in [1.54, 1.807) is 31.4 Å². The van der Waals surface area contributed by atoms with Crippen LogP contribution in [0.4, 0.5) is 5.69 Å². The highest BCUT2D eigenvalue weighted by Crippen LogP contribution is 2.31. The Hall–Kier alpha value is -3.46. The molecule has 140 valence electrons. The number of nitro benzene ring substituents is 1. The number of aromatic nitrogens is 3. The van der Waals surface area contributed by atoms with Gasteiger partial charge in [0, 0.05) is 17.7 Å². The smallest absolute Gasteiger partial charge is 0.270 e. The first-order valence-electron chi connectivity index (χ1n) is 8.27. The van der Waals surface area contributed by atoms with Gasteiger partial charge in [-0.15, -0.1) is 0 Å². The number of nitrogens with two attached hydrogens (primary N) is 1. The Morgan fingerprint density at radius 3 is 2.78 bits per heavy atom. The standard InChI is InChI=1S/C18H19N5O4/c1-3-27-15-10-11(7-8-14(15)26-2)16(19)18-20-17(21-22-18)12-5-4-6-13(9-12)23(24)25/h4-10,16H,3,19H2,1-2H3,(H,20,21,22)/t16-/m1/s1. The number of aromatic amines is 1. The molecule has 0 saturated carbocycles. The second-order valence-corrected chi connectivity index (χ2v) is 5.67. The Bertz CT molecular complexity index is 956. The lowest BCUT2D eigenvalue weighted by Crippen LogP contribution is -2.14.